The number of benzene rings is 1. The monoisotopic (exact) mass is 233 g/mol. The average Bonchev–Trinajstić information content (AvgIpc) is 2.37. The van der Waals surface area contributed by atoms with E-state index in [0.717, 1.165) is 25.8 Å². The van der Waals surface area contributed by atoms with Crippen LogP contribution in [-0.2, 0) is 4.79 Å². The summed E-state index contributed by atoms with van der Waals surface area (Å²) in [4.78, 5) is 11.5. The smallest absolute Gasteiger partial charge is 0.220 e. The Bertz CT molecular complexity index is 321. The molecule has 1 amide bonds. The largest absolute Gasteiger partial charge is 0.356 e. The molecule has 0 spiro atoms. The third-order valence-corrected chi connectivity index (χ3v) is 3.03. The molecule has 0 aliphatic rings. The van der Waals surface area contributed by atoms with E-state index in [2.05, 4.69) is 31.3 Å². The van der Waals surface area contributed by atoms with Gasteiger partial charge in [-0.15, -0.1) is 0 Å². The van der Waals surface area contributed by atoms with Crippen LogP contribution in [0.2, 0.25) is 0 Å². The van der Waals surface area contributed by atoms with E-state index in [1.165, 1.54) is 5.56 Å². The van der Waals surface area contributed by atoms with E-state index in [1.807, 2.05) is 18.2 Å². The van der Waals surface area contributed by atoms with Gasteiger partial charge in [0.25, 0.3) is 0 Å². The fraction of sp³-hybridized carbons (Fsp3) is 0.533. The van der Waals surface area contributed by atoms with Gasteiger partial charge in [0, 0.05) is 13.0 Å². The van der Waals surface area contributed by atoms with Gasteiger partial charge in [-0.1, -0.05) is 50.6 Å². The van der Waals surface area contributed by atoms with Crippen LogP contribution in [0, 0.1) is 0 Å². The van der Waals surface area contributed by atoms with Gasteiger partial charge in [-0.25, -0.2) is 0 Å². The summed E-state index contributed by atoms with van der Waals surface area (Å²) in [6.45, 7) is 5.12. The van der Waals surface area contributed by atoms with Crippen LogP contribution >= 0.6 is 0 Å². The lowest BCUT2D eigenvalue weighted by atomic mass is 9.96. The molecular weight excluding hydrogens is 210 g/mol. The van der Waals surface area contributed by atoms with E-state index in [0.29, 0.717) is 12.3 Å². The molecule has 0 aliphatic heterocycles. The van der Waals surface area contributed by atoms with Crippen LogP contribution < -0.4 is 5.32 Å². The summed E-state index contributed by atoms with van der Waals surface area (Å²) in [6.07, 6.45) is 3.74. The number of carbonyl (C=O) groups excluding carboxylic acids is 1. The zero-order valence-corrected chi connectivity index (χ0v) is 10.9. The van der Waals surface area contributed by atoms with E-state index >= 15 is 0 Å². The van der Waals surface area contributed by atoms with Crippen molar-refractivity contribution < 1.29 is 4.79 Å². The topological polar surface area (TPSA) is 29.1 Å². The number of hydrogen-bond donors (Lipinski definition) is 1. The first-order valence-corrected chi connectivity index (χ1v) is 6.55. The minimum atomic E-state index is 0.182. The summed E-state index contributed by atoms with van der Waals surface area (Å²) >= 11 is 0. The van der Waals surface area contributed by atoms with Gasteiger partial charge in [0.05, 0.1) is 0 Å². The fourth-order valence-corrected chi connectivity index (χ4v) is 1.79. The molecule has 1 N–H and O–H groups in total. The highest BCUT2D eigenvalue weighted by Gasteiger charge is 2.07. The summed E-state index contributed by atoms with van der Waals surface area (Å²) < 4.78 is 0. The molecule has 1 rings (SSSR count). The molecule has 1 aromatic carbocycles. The molecule has 0 radical (unpaired) electrons. The lowest BCUT2D eigenvalue weighted by molar-refractivity contribution is -0.121. The number of amides is 1. The molecule has 1 aromatic rings. The molecule has 1 atom stereocenters. The molecule has 0 unspecified atom stereocenters. The molecule has 0 aliphatic carbocycles. The number of rotatable bonds is 7. The van der Waals surface area contributed by atoms with E-state index in [-0.39, 0.29) is 5.91 Å². The zero-order valence-electron chi connectivity index (χ0n) is 10.9. The Morgan fingerprint density at radius 3 is 2.65 bits per heavy atom. The standard InChI is InChI=1S/C15H23NO/c1-3-4-12-16-15(17)11-10-13(2)14-8-6-5-7-9-14/h5-9,13H,3-4,10-12H2,1-2H3,(H,16,17)/t13-/m1/s1. The number of hydrogen-bond acceptors (Lipinski definition) is 1. The van der Waals surface area contributed by atoms with E-state index < -0.39 is 0 Å². The molecule has 0 saturated carbocycles. The third kappa shape index (κ3) is 5.53. The van der Waals surface area contributed by atoms with Crippen LogP contribution in [0.5, 0.6) is 0 Å². The highest BCUT2D eigenvalue weighted by atomic mass is 16.1. The fourth-order valence-electron chi connectivity index (χ4n) is 1.79. The van der Waals surface area contributed by atoms with E-state index in [1.54, 1.807) is 0 Å². The van der Waals surface area contributed by atoms with Crippen LogP contribution in [0.1, 0.15) is 51.0 Å². The van der Waals surface area contributed by atoms with Gasteiger partial charge < -0.3 is 5.32 Å². The van der Waals surface area contributed by atoms with Gasteiger partial charge in [-0.3, -0.25) is 4.79 Å². The molecule has 2 nitrogen and oxygen atoms in total. The van der Waals surface area contributed by atoms with Crippen LogP contribution in [0.25, 0.3) is 0 Å². The quantitative estimate of drug-likeness (QED) is 0.718. The van der Waals surface area contributed by atoms with Gasteiger partial charge in [0.1, 0.15) is 0 Å². The Balaban J connectivity index is 2.24. The van der Waals surface area contributed by atoms with Crippen molar-refractivity contribution in [3.8, 4) is 0 Å². The predicted octanol–water partition coefficient (Wildman–Crippen LogP) is 3.49. The van der Waals surface area contributed by atoms with Crippen molar-refractivity contribution >= 4 is 5.91 Å². The van der Waals surface area contributed by atoms with E-state index in [4.69, 9.17) is 0 Å². The van der Waals surface area contributed by atoms with Gasteiger partial charge in [0.15, 0.2) is 0 Å². The van der Waals surface area contributed by atoms with Gasteiger partial charge in [-0.05, 0) is 24.3 Å². The lowest BCUT2D eigenvalue weighted by Gasteiger charge is -2.11. The third-order valence-electron chi connectivity index (χ3n) is 3.03. The number of carbonyl (C=O) groups is 1. The molecule has 0 fully saturated rings. The summed E-state index contributed by atoms with van der Waals surface area (Å²) in [5, 5.41) is 2.95. The summed E-state index contributed by atoms with van der Waals surface area (Å²) in [5.41, 5.74) is 1.31. The van der Waals surface area contributed by atoms with Crippen molar-refractivity contribution in [2.45, 2.75) is 45.4 Å². The molecular formula is C15H23NO. The molecule has 94 valence electrons. The maximum absolute atomic E-state index is 11.5. The summed E-state index contributed by atoms with van der Waals surface area (Å²) in [7, 11) is 0. The second kappa shape index (κ2) is 7.88. The first-order valence-electron chi connectivity index (χ1n) is 6.55. The zero-order chi connectivity index (χ0) is 12.5. The van der Waals surface area contributed by atoms with Crippen LogP contribution in [0.4, 0.5) is 0 Å². The Labute approximate surface area is 104 Å². The van der Waals surface area contributed by atoms with Crippen LogP contribution in [-0.4, -0.2) is 12.5 Å². The first kappa shape index (κ1) is 13.8. The molecule has 2 heteroatoms. The Kier molecular flexibility index (Phi) is 6.38. The van der Waals surface area contributed by atoms with Crippen molar-refractivity contribution in [2.75, 3.05) is 6.54 Å². The van der Waals surface area contributed by atoms with Crippen LogP contribution in [0.15, 0.2) is 30.3 Å². The maximum atomic E-state index is 11.5. The maximum Gasteiger partial charge on any atom is 0.220 e. The second-order valence-electron chi connectivity index (χ2n) is 4.55. The number of unbranched alkanes of at least 4 members (excludes halogenated alkanes) is 1. The van der Waals surface area contributed by atoms with Gasteiger partial charge in [0.2, 0.25) is 5.91 Å². The van der Waals surface area contributed by atoms with Crippen molar-refractivity contribution in [3.63, 3.8) is 0 Å². The Morgan fingerprint density at radius 1 is 1.29 bits per heavy atom. The van der Waals surface area contributed by atoms with E-state index in [9.17, 15) is 4.79 Å². The first-order chi connectivity index (χ1) is 8.24. The van der Waals surface area contributed by atoms with Crippen molar-refractivity contribution in [1.82, 2.24) is 5.32 Å². The highest BCUT2D eigenvalue weighted by molar-refractivity contribution is 5.75. The molecule has 0 bridgehead atoms. The van der Waals surface area contributed by atoms with Crippen molar-refractivity contribution in [2.24, 2.45) is 0 Å². The van der Waals surface area contributed by atoms with Crippen molar-refractivity contribution in [3.05, 3.63) is 35.9 Å². The molecule has 0 heterocycles. The van der Waals surface area contributed by atoms with Gasteiger partial charge >= 0.3 is 0 Å². The van der Waals surface area contributed by atoms with Crippen LogP contribution in [0.3, 0.4) is 0 Å². The summed E-state index contributed by atoms with van der Waals surface area (Å²) in [5.74, 6) is 0.634. The predicted molar refractivity (Wildman–Crippen MR) is 72.0 cm³/mol. The second-order valence-corrected chi connectivity index (χ2v) is 4.55. The lowest BCUT2D eigenvalue weighted by Crippen LogP contribution is -2.24. The highest BCUT2D eigenvalue weighted by Crippen LogP contribution is 2.19. The molecule has 0 aromatic heterocycles. The average molecular weight is 233 g/mol. The normalized spacial score (nSPS) is 12.1. The molecule has 17 heavy (non-hydrogen) atoms. The summed E-state index contributed by atoms with van der Waals surface area (Å²) in [6, 6.07) is 10.4. The minimum Gasteiger partial charge on any atom is -0.356 e. The minimum absolute atomic E-state index is 0.182. The van der Waals surface area contributed by atoms with Gasteiger partial charge in [-0.2, -0.15) is 0 Å². The molecule has 0 saturated heterocycles. The number of nitrogens with one attached hydrogen (secondary N) is 1. The van der Waals surface area contributed by atoms with Crippen molar-refractivity contribution in [1.29, 1.82) is 0 Å². The Hall–Kier alpha value is -1.31. The SMILES string of the molecule is CCCCNC(=O)CC[C@@H](C)c1ccccc1. The Morgan fingerprint density at radius 2 is 2.00 bits per heavy atom.